The lowest BCUT2D eigenvalue weighted by atomic mass is 9.96. The van der Waals surface area contributed by atoms with Crippen LogP contribution in [0.2, 0.25) is 0 Å². The molecule has 0 radical (unpaired) electrons. The number of anilines is 1. The highest BCUT2D eigenvalue weighted by atomic mass is 16.3. The Morgan fingerprint density at radius 2 is 2.00 bits per heavy atom. The average molecular weight is 344 g/mol. The van der Waals surface area contributed by atoms with E-state index in [-0.39, 0.29) is 23.9 Å². The van der Waals surface area contributed by atoms with Crippen LogP contribution < -0.4 is 10.6 Å². The van der Waals surface area contributed by atoms with Crippen molar-refractivity contribution in [2.24, 2.45) is 5.92 Å². The lowest BCUT2D eigenvalue weighted by molar-refractivity contribution is -0.121. The van der Waals surface area contributed by atoms with Crippen LogP contribution in [0.5, 0.6) is 0 Å². The maximum Gasteiger partial charge on any atom is 0.317 e. The molecule has 2 N–H and O–H groups in total. The first-order valence-electron chi connectivity index (χ1n) is 8.66. The van der Waals surface area contributed by atoms with E-state index in [1.165, 1.54) is 0 Å². The van der Waals surface area contributed by atoms with Crippen LogP contribution in [0.4, 0.5) is 10.5 Å². The fourth-order valence-electron chi connectivity index (χ4n) is 3.04. The van der Waals surface area contributed by atoms with E-state index >= 15 is 0 Å². The number of hydrogen-bond donors (Lipinski definition) is 2. The molecule has 3 rings (SSSR count). The molecule has 0 spiro atoms. The van der Waals surface area contributed by atoms with E-state index in [1.54, 1.807) is 17.9 Å². The quantitative estimate of drug-likeness (QED) is 0.896. The second kappa shape index (κ2) is 7.13. The summed E-state index contributed by atoms with van der Waals surface area (Å²) >= 11 is 0. The molecular weight excluding hydrogens is 320 g/mol. The monoisotopic (exact) mass is 344 g/mol. The number of hydrogen-bond acceptors (Lipinski definition) is 4. The van der Waals surface area contributed by atoms with Crippen molar-refractivity contribution in [2.45, 2.75) is 39.7 Å². The number of likely N-dealkylation sites (tertiary alicyclic amines) is 1. The third-order valence-electron chi connectivity index (χ3n) is 4.33. The lowest BCUT2D eigenvalue weighted by Crippen LogP contribution is -2.47. The molecule has 2 heterocycles. The van der Waals surface area contributed by atoms with Gasteiger partial charge in [-0.3, -0.25) is 4.79 Å². The van der Waals surface area contributed by atoms with E-state index in [2.05, 4.69) is 15.6 Å². The zero-order valence-corrected chi connectivity index (χ0v) is 14.8. The van der Waals surface area contributed by atoms with E-state index in [9.17, 15) is 9.59 Å². The number of fused-ring (bicyclic) bond motifs is 1. The molecule has 1 fully saturated rings. The number of rotatable bonds is 3. The fraction of sp³-hybridized carbons (Fsp3) is 0.500. The number of urea groups is 1. The van der Waals surface area contributed by atoms with Crippen molar-refractivity contribution in [3.05, 3.63) is 24.1 Å². The highest BCUT2D eigenvalue weighted by Gasteiger charge is 2.27. The fourth-order valence-corrected chi connectivity index (χ4v) is 3.04. The first kappa shape index (κ1) is 17.3. The number of piperidine rings is 1. The summed E-state index contributed by atoms with van der Waals surface area (Å²) < 4.78 is 5.49. The summed E-state index contributed by atoms with van der Waals surface area (Å²) in [7, 11) is 0. The highest BCUT2D eigenvalue weighted by Crippen LogP contribution is 2.23. The highest BCUT2D eigenvalue weighted by molar-refractivity contribution is 5.94. The van der Waals surface area contributed by atoms with Crippen LogP contribution in [-0.4, -0.2) is 41.0 Å². The van der Waals surface area contributed by atoms with E-state index < -0.39 is 0 Å². The molecule has 3 amide bonds. The molecule has 7 nitrogen and oxygen atoms in total. The zero-order chi connectivity index (χ0) is 18.0. The lowest BCUT2D eigenvalue weighted by Gasteiger charge is -2.31. The van der Waals surface area contributed by atoms with Crippen LogP contribution in [0, 0.1) is 12.8 Å². The van der Waals surface area contributed by atoms with Crippen LogP contribution >= 0.6 is 0 Å². The number of nitrogens with zero attached hydrogens (tertiary/aromatic N) is 2. The second-order valence-corrected chi connectivity index (χ2v) is 6.77. The van der Waals surface area contributed by atoms with Crippen molar-refractivity contribution in [3.63, 3.8) is 0 Å². The van der Waals surface area contributed by atoms with Crippen LogP contribution in [0.15, 0.2) is 22.6 Å². The maximum absolute atomic E-state index is 12.5. The largest absolute Gasteiger partial charge is 0.441 e. The molecule has 0 atom stereocenters. The topological polar surface area (TPSA) is 87.5 Å². The summed E-state index contributed by atoms with van der Waals surface area (Å²) in [5.74, 6) is 0.500. The third-order valence-corrected chi connectivity index (χ3v) is 4.33. The van der Waals surface area contributed by atoms with Crippen molar-refractivity contribution in [2.75, 3.05) is 18.4 Å². The Morgan fingerprint density at radius 1 is 1.28 bits per heavy atom. The van der Waals surface area contributed by atoms with Gasteiger partial charge in [0.1, 0.15) is 5.52 Å². The van der Waals surface area contributed by atoms with Crippen molar-refractivity contribution < 1.29 is 14.0 Å². The van der Waals surface area contributed by atoms with Gasteiger partial charge >= 0.3 is 6.03 Å². The molecule has 134 valence electrons. The van der Waals surface area contributed by atoms with Gasteiger partial charge in [0.15, 0.2) is 11.5 Å². The van der Waals surface area contributed by atoms with Crippen LogP contribution in [0.25, 0.3) is 11.1 Å². The molecule has 0 unspecified atom stereocenters. The van der Waals surface area contributed by atoms with E-state index in [0.717, 1.165) is 5.52 Å². The number of nitrogens with one attached hydrogen (secondary N) is 2. The number of amides is 3. The molecule has 1 aliphatic heterocycles. The van der Waals surface area contributed by atoms with Gasteiger partial charge in [-0.25, -0.2) is 9.78 Å². The first-order valence-corrected chi connectivity index (χ1v) is 8.66. The Morgan fingerprint density at radius 3 is 2.68 bits per heavy atom. The summed E-state index contributed by atoms with van der Waals surface area (Å²) in [5, 5.41) is 5.83. The summed E-state index contributed by atoms with van der Waals surface area (Å²) in [6.07, 6.45) is 1.34. The minimum Gasteiger partial charge on any atom is -0.441 e. The minimum absolute atomic E-state index is 0.0143. The third kappa shape index (κ3) is 4.10. The van der Waals surface area contributed by atoms with Crippen molar-refractivity contribution in [3.8, 4) is 0 Å². The maximum atomic E-state index is 12.5. The predicted octanol–water partition coefficient (Wildman–Crippen LogP) is 2.90. The van der Waals surface area contributed by atoms with Crippen molar-refractivity contribution >= 4 is 28.7 Å². The predicted molar refractivity (Wildman–Crippen MR) is 95.3 cm³/mol. The van der Waals surface area contributed by atoms with Gasteiger partial charge in [0, 0.05) is 43.7 Å². The summed E-state index contributed by atoms with van der Waals surface area (Å²) in [4.78, 5) is 30.5. The van der Waals surface area contributed by atoms with Gasteiger partial charge in [0.25, 0.3) is 0 Å². The number of aryl methyl sites for hydroxylation is 1. The Bertz CT molecular complexity index is 776. The minimum atomic E-state index is -0.0877. The molecular formula is C18H24N4O3. The number of carbonyl (C=O) groups excluding carboxylic acids is 2. The average Bonchev–Trinajstić information content (AvgIpc) is 2.93. The standard InChI is InChI=1S/C18H24N4O3/c1-11(2)19-18(24)22-8-6-13(7-9-22)17(23)21-14-4-5-15-16(10-14)25-12(3)20-15/h4-5,10-11,13H,6-9H2,1-3H3,(H,19,24)(H,21,23). The molecule has 0 bridgehead atoms. The van der Waals surface area contributed by atoms with E-state index in [1.807, 2.05) is 26.0 Å². The number of aromatic nitrogens is 1. The first-order chi connectivity index (χ1) is 11.9. The van der Waals surface area contributed by atoms with Crippen LogP contribution in [0.3, 0.4) is 0 Å². The molecule has 0 aliphatic carbocycles. The molecule has 7 heteroatoms. The number of benzene rings is 1. The number of carbonyl (C=O) groups is 2. The van der Waals surface area contributed by atoms with Crippen LogP contribution in [0.1, 0.15) is 32.6 Å². The van der Waals surface area contributed by atoms with Crippen molar-refractivity contribution in [1.29, 1.82) is 0 Å². The van der Waals surface area contributed by atoms with Gasteiger partial charge in [-0.1, -0.05) is 0 Å². The van der Waals surface area contributed by atoms with E-state index in [4.69, 9.17) is 4.42 Å². The van der Waals surface area contributed by atoms with E-state index in [0.29, 0.717) is 43.1 Å². The molecule has 1 saturated heterocycles. The summed E-state index contributed by atoms with van der Waals surface area (Å²) in [5.41, 5.74) is 2.14. The molecule has 1 aromatic heterocycles. The molecule has 2 aromatic rings. The van der Waals surface area contributed by atoms with Crippen molar-refractivity contribution in [1.82, 2.24) is 15.2 Å². The molecule has 25 heavy (non-hydrogen) atoms. The Balaban J connectivity index is 1.56. The van der Waals surface area contributed by atoms with Gasteiger partial charge in [-0.05, 0) is 38.8 Å². The Kier molecular flexibility index (Phi) is 4.92. The molecule has 1 aromatic carbocycles. The van der Waals surface area contributed by atoms with Gasteiger partial charge < -0.3 is 20.0 Å². The smallest absolute Gasteiger partial charge is 0.317 e. The van der Waals surface area contributed by atoms with Gasteiger partial charge in [0.2, 0.25) is 5.91 Å². The van der Waals surface area contributed by atoms with Crippen LogP contribution in [-0.2, 0) is 4.79 Å². The van der Waals surface area contributed by atoms with Gasteiger partial charge in [0.05, 0.1) is 0 Å². The summed E-state index contributed by atoms with van der Waals surface area (Å²) in [6, 6.07) is 5.51. The molecule has 0 saturated carbocycles. The molecule has 1 aliphatic rings. The Hall–Kier alpha value is -2.57. The number of oxazole rings is 1. The SMILES string of the molecule is Cc1nc2ccc(NC(=O)C3CCN(C(=O)NC(C)C)CC3)cc2o1. The second-order valence-electron chi connectivity index (χ2n) is 6.77. The Labute approximate surface area is 146 Å². The normalized spacial score (nSPS) is 15.6. The zero-order valence-electron chi connectivity index (χ0n) is 14.8. The van der Waals surface area contributed by atoms with Gasteiger partial charge in [-0.2, -0.15) is 0 Å². The van der Waals surface area contributed by atoms with Gasteiger partial charge in [-0.15, -0.1) is 0 Å². The summed E-state index contributed by atoms with van der Waals surface area (Å²) in [6.45, 7) is 6.85.